The lowest BCUT2D eigenvalue weighted by molar-refractivity contribution is -0.157. The van der Waals surface area contributed by atoms with E-state index in [1.54, 1.807) is 23.1 Å². The molecule has 2 heterocycles. The third-order valence-electron chi connectivity index (χ3n) is 9.61. The molecule has 4 amide bonds. The minimum Gasteiger partial charge on any atom is -0.497 e. The molecule has 3 aromatic carbocycles. The number of allylic oxidation sites excluding steroid dienone is 1. The Morgan fingerprint density at radius 2 is 1.85 bits per heavy atom. The Bertz CT molecular complexity index is 1670. The molecule has 9 heteroatoms. The van der Waals surface area contributed by atoms with Crippen molar-refractivity contribution in [1.29, 1.82) is 0 Å². The Labute approximate surface area is 269 Å². The van der Waals surface area contributed by atoms with Crippen LogP contribution in [0.5, 0.6) is 5.75 Å². The van der Waals surface area contributed by atoms with E-state index < -0.39 is 12.2 Å². The van der Waals surface area contributed by atoms with Crippen molar-refractivity contribution in [2.45, 2.75) is 44.1 Å². The summed E-state index contributed by atoms with van der Waals surface area (Å²) in [6.07, 6.45) is 7.15. The molecule has 4 atom stereocenters. The normalized spacial score (nSPS) is 23.0. The summed E-state index contributed by atoms with van der Waals surface area (Å²) in [6.45, 7) is 5.19. The first kappa shape index (κ1) is 29.8. The number of ether oxygens (including phenoxy) is 1. The quantitative estimate of drug-likeness (QED) is 0.337. The third kappa shape index (κ3) is 5.67. The number of methoxy groups -OCH3 is 1. The summed E-state index contributed by atoms with van der Waals surface area (Å²) >= 11 is 0. The van der Waals surface area contributed by atoms with Crippen LogP contribution in [0.2, 0.25) is 0 Å². The van der Waals surface area contributed by atoms with Gasteiger partial charge in [-0.2, -0.15) is 5.01 Å². The van der Waals surface area contributed by atoms with Crippen molar-refractivity contribution in [3.8, 4) is 5.75 Å². The number of hydrogen-bond donors (Lipinski definition) is 1. The first-order valence-corrected chi connectivity index (χ1v) is 15.9. The van der Waals surface area contributed by atoms with Gasteiger partial charge in [-0.15, -0.1) is 6.58 Å². The standard InChI is InChI=1S/C37H39N5O4/c1-3-18-40(37(45)38-21-26-8-5-4-6-9-26)41-24-34(43)42-32(19-25-12-16-30(46-2)17-13-25)36(44)39(23-33(41)42)22-29-11-7-10-27-14-15-28-20-31(28)35(27)29/h3-17,28,31-33H,1,18-24H2,2H3,(H,38,45)/t28?,31?,32-,33+/m0/s1. The second-order valence-electron chi connectivity index (χ2n) is 12.5. The van der Waals surface area contributed by atoms with Gasteiger partial charge in [0.2, 0.25) is 11.8 Å². The van der Waals surface area contributed by atoms with E-state index in [2.05, 4.69) is 42.2 Å². The van der Waals surface area contributed by atoms with Gasteiger partial charge >= 0.3 is 6.03 Å². The summed E-state index contributed by atoms with van der Waals surface area (Å²) in [5.74, 6) is 1.55. The number of nitrogens with zero attached hydrogens (tertiary/aromatic N) is 4. The first-order chi connectivity index (χ1) is 22.4. The summed E-state index contributed by atoms with van der Waals surface area (Å²) in [7, 11) is 1.62. The summed E-state index contributed by atoms with van der Waals surface area (Å²) in [6, 6.07) is 22.6. The van der Waals surface area contributed by atoms with Crippen LogP contribution in [0.1, 0.15) is 40.2 Å². The molecule has 46 heavy (non-hydrogen) atoms. The number of benzene rings is 3. The van der Waals surface area contributed by atoms with Crippen molar-refractivity contribution in [1.82, 2.24) is 25.1 Å². The fraction of sp³-hybridized carbons (Fsp3) is 0.324. The Morgan fingerprint density at radius 3 is 2.61 bits per heavy atom. The van der Waals surface area contributed by atoms with Gasteiger partial charge in [-0.1, -0.05) is 78.9 Å². The minimum atomic E-state index is -0.712. The van der Waals surface area contributed by atoms with Gasteiger partial charge in [0, 0.05) is 19.5 Å². The monoisotopic (exact) mass is 617 g/mol. The highest BCUT2D eigenvalue weighted by molar-refractivity contribution is 5.92. The number of nitrogens with one attached hydrogen (secondary N) is 1. The predicted octanol–water partition coefficient (Wildman–Crippen LogP) is 4.56. The maximum Gasteiger partial charge on any atom is 0.332 e. The van der Waals surface area contributed by atoms with Crippen LogP contribution < -0.4 is 10.1 Å². The van der Waals surface area contributed by atoms with Gasteiger partial charge < -0.3 is 19.9 Å². The third-order valence-corrected chi connectivity index (χ3v) is 9.61. The fourth-order valence-corrected chi connectivity index (χ4v) is 7.23. The maximum atomic E-state index is 14.4. The van der Waals surface area contributed by atoms with Gasteiger partial charge in [0.15, 0.2) is 0 Å². The van der Waals surface area contributed by atoms with Gasteiger partial charge in [0.1, 0.15) is 18.0 Å². The van der Waals surface area contributed by atoms with Crippen LogP contribution in [-0.4, -0.2) is 76.6 Å². The molecule has 3 aromatic rings. The Morgan fingerprint density at radius 1 is 1.04 bits per heavy atom. The lowest BCUT2D eigenvalue weighted by Crippen LogP contribution is -2.66. The van der Waals surface area contributed by atoms with Crippen molar-refractivity contribution in [2.24, 2.45) is 5.92 Å². The van der Waals surface area contributed by atoms with Crippen molar-refractivity contribution in [2.75, 3.05) is 26.7 Å². The van der Waals surface area contributed by atoms with E-state index in [0.29, 0.717) is 31.3 Å². The number of hydrazine groups is 1. The van der Waals surface area contributed by atoms with Crippen molar-refractivity contribution in [3.05, 3.63) is 119 Å². The van der Waals surface area contributed by atoms with Crippen LogP contribution in [-0.2, 0) is 29.1 Å². The lowest BCUT2D eigenvalue weighted by atomic mass is 9.91. The molecule has 2 saturated heterocycles. The van der Waals surface area contributed by atoms with Crippen molar-refractivity contribution >= 4 is 23.9 Å². The Balaban J connectivity index is 1.19. The molecule has 1 saturated carbocycles. The molecular weight excluding hydrogens is 578 g/mol. The highest BCUT2D eigenvalue weighted by Gasteiger charge is 2.52. The zero-order valence-corrected chi connectivity index (χ0v) is 26.0. The second-order valence-corrected chi connectivity index (χ2v) is 12.5. The molecule has 0 spiro atoms. The van der Waals surface area contributed by atoms with E-state index in [1.165, 1.54) is 11.1 Å². The SMILES string of the molecule is C=CCN(C(=O)NCc1ccccc1)N1CC(=O)N2[C@@H](Cc3ccc(OC)cc3)C(=O)N(Cc3cccc4c3C3CC3C=C4)C[C@@H]21. The predicted molar refractivity (Wildman–Crippen MR) is 175 cm³/mol. The molecular formula is C37H39N5O4. The van der Waals surface area contributed by atoms with E-state index >= 15 is 0 Å². The molecule has 9 nitrogen and oxygen atoms in total. The number of piperazine rings is 1. The average Bonchev–Trinajstić information content (AvgIpc) is 3.81. The van der Waals surface area contributed by atoms with Crippen LogP contribution in [0.3, 0.4) is 0 Å². The van der Waals surface area contributed by atoms with Gasteiger partial charge in [-0.05, 0) is 58.2 Å². The lowest BCUT2D eigenvalue weighted by Gasteiger charge is -2.46. The summed E-state index contributed by atoms with van der Waals surface area (Å²) in [5.41, 5.74) is 5.62. The number of rotatable bonds is 10. The van der Waals surface area contributed by atoms with E-state index in [4.69, 9.17) is 4.74 Å². The number of fused-ring (bicyclic) bond motifs is 4. The molecule has 236 valence electrons. The zero-order chi connectivity index (χ0) is 31.8. The molecule has 0 bridgehead atoms. The molecule has 0 aromatic heterocycles. The van der Waals surface area contributed by atoms with Gasteiger partial charge in [0.05, 0.1) is 26.7 Å². The topological polar surface area (TPSA) is 85.4 Å². The van der Waals surface area contributed by atoms with Crippen LogP contribution in [0.4, 0.5) is 4.79 Å². The average molecular weight is 618 g/mol. The highest BCUT2D eigenvalue weighted by Crippen LogP contribution is 2.54. The van der Waals surface area contributed by atoms with Gasteiger partial charge in [-0.25, -0.2) is 4.79 Å². The van der Waals surface area contributed by atoms with Gasteiger partial charge in [0.25, 0.3) is 0 Å². The zero-order valence-electron chi connectivity index (χ0n) is 26.0. The van der Waals surface area contributed by atoms with Gasteiger partial charge in [-0.3, -0.25) is 14.6 Å². The van der Waals surface area contributed by atoms with E-state index in [0.717, 1.165) is 28.9 Å². The van der Waals surface area contributed by atoms with Crippen molar-refractivity contribution in [3.63, 3.8) is 0 Å². The molecule has 1 N–H and O–H groups in total. The summed E-state index contributed by atoms with van der Waals surface area (Å²) in [4.78, 5) is 45.4. The van der Waals surface area contributed by atoms with Crippen LogP contribution >= 0.6 is 0 Å². The molecule has 0 radical (unpaired) electrons. The number of carbonyl (C=O) groups is 3. The molecule has 2 aliphatic carbocycles. The van der Waals surface area contributed by atoms with Crippen LogP contribution in [0.25, 0.3) is 6.08 Å². The number of hydrogen-bond acceptors (Lipinski definition) is 5. The summed E-state index contributed by atoms with van der Waals surface area (Å²) < 4.78 is 5.34. The van der Waals surface area contributed by atoms with E-state index in [-0.39, 0.29) is 37.5 Å². The Kier molecular flexibility index (Phi) is 8.09. The molecule has 2 aliphatic heterocycles. The molecule has 4 aliphatic rings. The number of carbonyl (C=O) groups excluding carboxylic acids is 3. The molecule has 3 fully saturated rings. The number of amides is 4. The largest absolute Gasteiger partial charge is 0.497 e. The minimum absolute atomic E-state index is 0.00716. The second kappa shape index (κ2) is 12.5. The van der Waals surface area contributed by atoms with Crippen LogP contribution in [0.15, 0.2) is 91.5 Å². The molecule has 7 rings (SSSR count). The van der Waals surface area contributed by atoms with E-state index in [1.807, 2.05) is 64.5 Å². The van der Waals surface area contributed by atoms with E-state index in [9.17, 15) is 14.4 Å². The summed E-state index contributed by atoms with van der Waals surface area (Å²) in [5, 5.41) is 6.37. The smallest absolute Gasteiger partial charge is 0.332 e. The highest BCUT2D eigenvalue weighted by atomic mass is 16.5. The van der Waals surface area contributed by atoms with Crippen LogP contribution in [0, 0.1) is 5.92 Å². The van der Waals surface area contributed by atoms with Crippen molar-refractivity contribution < 1.29 is 19.1 Å². The Hall–Kier alpha value is -4.89. The fourth-order valence-electron chi connectivity index (χ4n) is 7.23. The number of urea groups is 1. The maximum absolute atomic E-state index is 14.4. The molecule has 2 unspecified atom stereocenters. The first-order valence-electron chi connectivity index (χ1n) is 15.9.